The highest BCUT2D eigenvalue weighted by molar-refractivity contribution is 5.93. The number of aromatic nitrogens is 3. The summed E-state index contributed by atoms with van der Waals surface area (Å²) in [6, 6.07) is 3.61. The van der Waals surface area contributed by atoms with E-state index < -0.39 is 5.60 Å². The van der Waals surface area contributed by atoms with Gasteiger partial charge in [0.25, 0.3) is 5.91 Å². The topological polar surface area (TPSA) is 74.0 Å². The Labute approximate surface area is 135 Å². The molecule has 1 atom stereocenters. The lowest BCUT2D eigenvalue weighted by atomic mass is 10.0. The number of hydrogen-bond donors (Lipinski definition) is 1. The van der Waals surface area contributed by atoms with Crippen LogP contribution in [0.25, 0.3) is 5.65 Å². The molecule has 7 heteroatoms. The van der Waals surface area contributed by atoms with Gasteiger partial charge in [0, 0.05) is 24.8 Å². The van der Waals surface area contributed by atoms with E-state index in [4.69, 9.17) is 0 Å². The highest BCUT2D eigenvalue weighted by atomic mass is 16.3. The summed E-state index contributed by atoms with van der Waals surface area (Å²) in [6.45, 7) is 5.24. The van der Waals surface area contributed by atoms with Gasteiger partial charge in [0.2, 0.25) is 0 Å². The van der Waals surface area contributed by atoms with Crippen molar-refractivity contribution < 1.29 is 9.90 Å². The summed E-state index contributed by atoms with van der Waals surface area (Å²) < 4.78 is 1.73. The zero-order chi connectivity index (χ0) is 16.8. The second-order valence-electron chi connectivity index (χ2n) is 6.78. The fraction of sp³-hybridized carbons (Fsp3) is 0.562. The van der Waals surface area contributed by atoms with E-state index in [0.717, 1.165) is 11.4 Å². The van der Waals surface area contributed by atoms with Crippen LogP contribution < -0.4 is 0 Å². The summed E-state index contributed by atoms with van der Waals surface area (Å²) >= 11 is 0. The van der Waals surface area contributed by atoms with Crippen LogP contribution in [-0.2, 0) is 0 Å². The van der Waals surface area contributed by atoms with E-state index in [1.165, 1.54) is 0 Å². The molecule has 1 N–H and O–H groups in total. The second-order valence-corrected chi connectivity index (χ2v) is 6.78. The van der Waals surface area contributed by atoms with Crippen molar-refractivity contribution in [3.8, 4) is 0 Å². The summed E-state index contributed by atoms with van der Waals surface area (Å²) in [7, 11) is 3.84. The lowest BCUT2D eigenvalue weighted by molar-refractivity contribution is 0.0235. The lowest BCUT2D eigenvalue weighted by Crippen LogP contribution is -2.43. The van der Waals surface area contributed by atoms with Gasteiger partial charge < -0.3 is 14.9 Å². The molecular weight excluding hydrogens is 294 g/mol. The highest BCUT2D eigenvalue weighted by Gasteiger charge is 2.39. The minimum Gasteiger partial charge on any atom is -0.387 e. The number of rotatable bonds is 3. The molecule has 7 nitrogen and oxygen atoms in total. The number of carbonyl (C=O) groups is 1. The molecule has 2 aromatic rings. The molecule has 2 aromatic heterocycles. The van der Waals surface area contributed by atoms with Crippen molar-refractivity contribution in [2.75, 3.05) is 33.7 Å². The maximum absolute atomic E-state index is 12.7. The fourth-order valence-electron chi connectivity index (χ4n) is 3.26. The summed E-state index contributed by atoms with van der Waals surface area (Å²) in [6.07, 6.45) is 0.587. The van der Waals surface area contributed by atoms with E-state index in [9.17, 15) is 9.90 Å². The summed E-state index contributed by atoms with van der Waals surface area (Å²) in [5.74, 6) is -0.135. The Kier molecular flexibility index (Phi) is 3.85. The van der Waals surface area contributed by atoms with Crippen molar-refractivity contribution in [3.63, 3.8) is 0 Å². The first kappa shape index (κ1) is 15.9. The number of hydrogen-bond acceptors (Lipinski definition) is 5. The van der Waals surface area contributed by atoms with E-state index in [0.29, 0.717) is 37.4 Å². The molecule has 1 amide bonds. The SMILES string of the molecule is Cc1cc2nc(C(=O)N3CC[C@](O)(CN(C)C)C3)cc(C)n2n1. The zero-order valence-corrected chi connectivity index (χ0v) is 14.1. The predicted molar refractivity (Wildman–Crippen MR) is 86.5 cm³/mol. The first-order valence-electron chi connectivity index (χ1n) is 7.78. The molecule has 0 bridgehead atoms. The molecule has 0 saturated carbocycles. The van der Waals surface area contributed by atoms with Gasteiger partial charge in [0.05, 0.1) is 17.8 Å². The Hall–Kier alpha value is -1.99. The molecule has 3 rings (SSSR count). The first-order valence-corrected chi connectivity index (χ1v) is 7.78. The van der Waals surface area contributed by atoms with Crippen LogP contribution >= 0.6 is 0 Å². The highest BCUT2D eigenvalue weighted by Crippen LogP contribution is 2.23. The molecule has 1 saturated heterocycles. The largest absolute Gasteiger partial charge is 0.387 e. The molecule has 0 aromatic carbocycles. The number of nitrogens with zero attached hydrogens (tertiary/aromatic N) is 5. The Morgan fingerprint density at radius 3 is 2.83 bits per heavy atom. The van der Waals surface area contributed by atoms with Gasteiger partial charge in [-0.3, -0.25) is 4.79 Å². The lowest BCUT2D eigenvalue weighted by Gasteiger charge is -2.26. The van der Waals surface area contributed by atoms with Gasteiger partial charge in [-0.05, 0) is 40.4 Å². The number of aliphatic hydroxyl groups is 1. The molecule has 1 aliphatic rings. The van der Waals surface area contributed by atoms with E-state index in [2.05, 4.69) is 10.1 Å². The maximum Gasteiger partial charge on any atom is 0.272 e. The van der Waals surface area contributed by atoms with Crippen LogP contribution in [0.4, 0.5) is 0 Å². The Bertz CT molecular complexity index is 754. The number of carbonyl (C=O) groups excluding carboxylic acids is 1. The van der Waals surface area contributed by atoms with Gasteiger partial charge in [0.15, 0.2) is 5.65 Å². The third-order valence-electron chi connectivity index (χ3n) is 4.18. The normalized spacial score (nSPS) is 21.6. The van der Waals surface area contributed by atoms with Crippen molar-refractivity contribution in [3.05, 3.63) is 29.2 Å². The standard InChI is InChI=1S/C16H23N5O2/c1-11-7-14-17-13(8-12(2)21(14)18-11)15(22)20-6-5-16(23,10-20)9-19(3)4/h7-8,23H,5-6,9-10H2,1-4H3/t16-/m0/s1. The third kappa shape index (κ3) is 3.07. The number of β-amino-alcohol motifs (C(OH)–C–C–N with tert-alkyl or cyclic N) is 1. The van der Waals surface area contributed by atoms with Crippen LogP contribution in [-0.4, -0.2) is 74.7 Å². The molecule has 124 valence electrons. The Balaban J connectivity index is 1.84. The number of fused-ring (bicyclic) bond motifs is 1. The van der Waals surface area contributed by atoms with E-state index >= 15 is 0 Å². The van der Waals surface area contributed by atoms with Crippen LogP contribution in [0.5, 0.6) is 0 Å². The molecule has 0 unspecified atom stereocenters. The van der Waals surface area contributed by atoms with Crippen molar-refractivity contribution in [1.82, 2.24) is 24.4 Å². The summed E-state index contributed by atoms with van der Waals surface area (Å²) in [5, 5.41) is 14.9. The van der Waals surface area contributed by atoms with E-state index in [1.807, 2.05) is 38.9 Å². The number of aryl methyl sites for hydroxylation is 2. The van der Waals surface area contributed by atoms with Gasteiger partial charge in [-0.1, -0.05) is 0 Å². The van der Waals surface area contributed by atoms with Gasteiger partial charge in [0.1, 0.15) is 5.69 Å². The van der Waals surface area contributed by atoms with Gasteiger partial charge in [-0.15, -0.1) is 0 Å². The average molecular weight is 317 g/mol. The van der Waals surface area contributed by atoms with Crippen molar-refractivity contribution in [1.29, 1.82) is 0 Å². The molecule has 1 fully saturated rings. The molecule has 0 radical (unpaired) electrons. The Morgan fingerprint density at radius 1 is 1.39 bits per heavy atom. The van der Waals surface area contributed by atoms with Crippen LogP contribution in [0, 0.1) is 13.8 Å². The molecule has 0 aliphatic carbocycles. The minimum atomic E-state index is -0.842. The van der Waals surface area contributed by atoms with Crippen LogP contribution in [0.1, 0.15) is 28.3 Å². The van der Waals surface area contributed by atoms with Crippen molar-refractivity contribution in [2.45, 2.75) is 25.9 Å². The smallest absolute Gasteiger partial charge is 0.272 e. The fourth-order valence-corrected chi connectivity index (χ4v) is 3.26. The molecule has 3 heterocycles. The number of likely N-dealkylation sites (N-methyl/N-ethyl adjacent to an activating group) is 1. The Morgan fingerprint density at radius 2 is 2.13 bits per heavy atom. The number of amides is 1. The summed E-state index contributed by atoms with van der Waals surface area (Å²) in [5.41, 5.74) is 1.98. The molecule has 23 heavy (non-hydrogen) atoms. The zero-order valence-electron chi connectivity index (χ0n) is 14.1. The van der Waals surface area contributed by atoms with Crippen molar-refractivity contribution in [2.24, 2.45) is 0 Å². The van der Waals surface area contributed by atoms with Crippen molar-refractivity contribution >= 4 is 11.6 Å². The maximum atomic E-state index is 12.7. The van der Waals surface area contributed by atoms with Crippen LogP contribution in [0.15, 0.2) is 12.1 Å². The number of likely N-dealkylation sites (tertiary alicyclic amines) is 1. The minimum absolute atomic E-state index is 0.135. The molecular formula is C16H23N5O2. The monoisotopic (exact) mass is 317 g/mol. The molecule has 0 spiro atoms. The predicted octanol–water partition coefficient (Wildman–Crippen LogP) is 0.485. The summed E-state index contributed by atoms with van der Waals surface area (Å²) in [4.78, 5) is 20.8. The first-order chi connectivity index (χ1) is 10.8. The molecule has 1 aliphatic heterocycles. The van der Waals surface area contributed by atoms with E-state index in [-0.39, 0.29) is 5.91 Å². The van der Waals surface area contributed by atoms with Gasteiger partial charge in [-0.25, -0.2) is 9.50 Å². The van der Waals surface area contributed by atoms with E-state index in [1.54, 1.807) is 15.5 Å². The second kappa shape index (κ2) is 5.58. The van der Waals surface area contributed by atoms with Gasteiger partial charge in [-0.2, -0.15) is 5.10 Å². The quantitative estimate of drug-likeness (QED) is 0.891. The van der Waals surface area contributed by atoms with Crippen LogP contribution in [0.2, 0.25) is 0 Å². The van der Waals surface area contributed by atoms with Crippen LogP contribution in [0.3, 0.4) is 0 Å². The average Bonchev–Trinajstić information content (AvgIpc) is 3.00. The van der Waals surface area contributed by atoms with Gasteiger partial charge >= 0.3 is 0 Å². The third-order valence-corrected chi connectivity index (χ3v) is 4.18.